The Hall–Kier alpha value is -2.11. The molecule has 0 spiro atoms. The predicted molar refractivity (Wildman–Crippen MR) is 76.0 cm³/mol. The fourth-order valence-electron chi connectivity index (χ4n) is 1.94. The minimum Gasteiger partial charge on any atom is -0.496 e. The Labute approximate surface area is 123 Å². The van der Waals surface area contributed by atoms with Gasteiger partial charge < -0.3 is 15.2 Å². The number of benzene rings is 1. The van der Waals surface area contributed by atoms with E-state index in [1.807, 2.05) is 0 Å². The molecule has 21 heavy (non-hydrogen) atoms. The Morgan fingerprint density at radius 1 is 1.24 bits per heavy atom. The van der Waals surface area contributed by atoms with E-state index in [-0.39, 0.29) is 17.7 Å². The quantitative estimate of drug-likeness (QED) is 0.687. The predicted octanol–water partition coefficient (Wildman–Crippen LogP) is 2.60. The van der Waals surface area contributed by atoms with Crippen molar-refractivity contribution >= 4 is 11.9 Å². The summed E-state index contributed by atoms with van der Waals surface area (Å²) in [7, 11) is 1.38. The maximum Gasteiger partial charge on any atom is 0.303 e. The maximum absolute atomic E-state index is 13.6. The Morgan fingerprint density at radius 3 is 2.62 bits per heavy atom. The van der Waals surface area contributed by atoms with Crippen LogP contribution in [0.2, 0.25) is 0 Å². The van der Waals surface area contributed by atoms with E-state index in [0.29, 0.717) is 13.0 Å². The molecule has 5 nitrogen and oxygen atoms in total. The second kappa shape index (κ2) is 8.94. The summed E-state index contributed by atoms with van der Waals surface area (Å²) in [5.41, 5.74) is -0.0918. The Morgan fingerprint density at radius 2 is 1.95 bits per heavy atom. The van der Waals surface area contributed by atoms with Gasteiger partial charge in [-0.15, -0.1) is 0 Å². The van der Waals surface area contributed by atoms with Gasteiger partial charge in [-0.1, -0.05) is 18.9 Å². The third-order valence-electron chi connectivity index (χ3n) is 3.03. The third kappa shape index (κ3) is 5.81. The van der Waals surface area contributed by atoms with Gasteiger partial charge in [0.05, 0.1) is 7.11 Å². The first-order valence-corrected chi connectivity index (χ1v) is 6.88. The van der Waals surface area contributed by atoms with Crippen LogP contribution < -0.4 is 10.1 Å². The van der Waals surface area contributed by atoms with Crippen LogP contribution in [0.1, 0.15) is 42.5 Å². The summed E-state index contributed by atoms with van der Waals surface area (Å²) >= 11 is 0. The number of carboxylic acids is 1. The van der Waals surface area contributed by atoms with Gasteiger partial charge in [-0.2, -0.15) is 0 Å². The summed E-state index contributed by atoms with van der Waals surface area (Å²) in [5.74, 6) is -1.72. The van der Waals surface area contributed by atoms with Crippen molar-refractivity contribution in [2.24, 2.45) is 0 Å². The third-order valence-corrected chi connectivity index (χ3v) is 3.03. The smallest absolute Gasteiger partial charge is 0.303 e. The molecule has 0 aliphatic heterocycles. The zero-order chi connectivity index (χ0) is 15.7. The monoisotopic (exact) mass is 297 g/mol. The number of carbonyl (C=O) groups excluding carboxylic acids is 1. The normalized spacial score (nSPS) is 10.2. The molecule has 0 atom stereocenters. The lowest BCUT2D eigenvalue weighted by molar-refractivity contribution is -0.137. The number of methoxy groups -OCH3 is 1. The van der Waals surface area contributed by atoms with Gasteiger partial charge in [-0.3, -0.25) is 9.59 Å². The van der Waals surface area contributed by atoms with Gasteiger partial charge in [0.15, 0.2) is 0 Å². The van der Waals surface area contributed by atoms with Crippen LogP contribution in [0.25, 0.3) is 0 Å². The molecular formula is C15H20FNO4. The molecule has 0 aliphatic carbocycles. The lowest BCUT2D eigenvalue weighted by Gasteiger charge is -2.10. The van der Waals surface area contributed by atoms with Crippen molar-refractivity contribution in [3.8, 4) is 5.75 Å². The molecule has 0 heterocycles. The zero-order valence-electron chi connectivity index (χ0n) is 12.0. The topological polar surface area (TPSA) is 75.6 Å². The molecule has 0 fully saturated rings. The van der Waals surface area contributed by atoms with Crippen molar-refractivity contribution in [1.29, 1.82) is 0 Å². The van der Waals surface area contributed by atoms with E-state index in [9.17, 15) is 14.0 Å². The molecule has 0 saturated carbocycles. The van der Waals surface area contributed by atoms with Crippen LogP contribution in [-0.4, -0.2) is 30.6 Å². The highest BCUT2D eigenvalue weighted by atomic mass is 19.1. The number of hydrogen-bond donors (Lipinski definition) is 2. The molecule has 0 bridgehead atoms. The van der Waals surface area contributed by atoms with Gasteiger partial charge in [-0.25, -0.2) is 4.39 Å². The molecule has 1 rings (SSSR count). The average molecular weight is 297 g/mol. The molecular weight excluding hydrogens is 277 g/mol. The highest BCUT2D eigenvalue weighted by molar-refractivity contribution is 5.97. The van der Waals surface area contributed by atoms with E-state index in [4.69, 9.17) is 9.84 Å². The van der Waals surface area contributed by atoms with Gasteiger partial charge >= 0.3 is 5.97 Å². The van der Waals surface area contributed by atoms with E-state index >= 15 is 0 Å². The van der Waals surface area contributed by atoms with E-state index in [0.717, 1.165) is 19.3 Å². The Balaban J connectivity index is 2.33. The number of aliphatic carboxylic acids is 1. The van der Waals surface area contributed by atoms with Crippen LogP contribution in [-0.2, 0) is 4.79 Å². The van der Waals surface area contributed by atoms with Gasteiger partial charge in [-0.05, 0) is 25.0 Å². The number of hydrogen-bond acceptors (Lipinski definition) is 3. The van der Waals surface area contributed by atoms with Crippen LogP contribution in [0.4, 0.5) is 4.39 Å². The Kier molecular flexibility index (Phi) is 7.21. The molecule has 116 valence electrons. The fraction of sp³-hybridized carbons (Fsp3) is 0.467. The summed E-state index contributed by atoms with van der Waals surface area (Å²) in [6.45, 7) is 0.420. The molecule has 1 amide bonds. The first-order chi connectivity index (χ1) is 10.1. The molecule has 0 unspecified atom stereocenters. The number of carboxylic acid groups (broad SMARTS) is 1. The first-order valence-electron chi connectivity index (χ1n) is 6.88. The first kappa shape index (κ1) is 16.9. The van der Waals surface area contributed by atoms with Crippen molar-refractivity contribution in [2.75, 3.05) is 13.7 Å². The summed E-state index contributed by atoms with van der Waals surface area (Å²) in [5, 5.41) is 11.1. The summed E-state index contributed by atoms with van der Waals surface area (Å²) in [6, 6.07) is 4.22. The standard InChI is InChI=1S/C15H20FNO4/c1-21-12-8-6-7-11(16)14(12)15(20)17-10-5-3-2-4-9-13(18)19/h6-8H,2-5,9-10H2,1H3,(H,17,20)(H,18,19). The summed E-state index contributed by atoms with van der Waals surface area (Å²) in [4.78, 5) is 22.2. The largest absolute Gasteiger partial charge is 0.496 e. The SMILES string of the molecule is COc1cccc(F)c1C(=O)NCCCCCCC(=O)O. The van der Waals surface area contributed by atoms with E-state index in [1.165, 1.54) is 25.3 Å². The van der Waals surface area contributed by atoms with Crippen molar-refractivity contribution in [3.05, 3.63) is 29.6 Å². The average Bonchev–Trinajstić information content (AvgIpc) is 2.45. The van der Waals surface area contributed by atoms with Crippen molar-refractivity contribution in [3.63, 3.8) is 0 Å². The number of ether oxygens (including phenoxy) is 1. The summed E-state index contributed by atoms with van der Waals surface area (Å²) in [6.07, 6.45) is 3.14. The van der Waals surface area contributed by atoms with Gasteiger partial charge in [0.1, 0.15) is 17.1 Å². The molecule has 0 saturated heterocycles. The minimum absolute atomic E-state index is 0.0918. The molecule has 0 radical (unpaired) electrons. The number of amides is 1. The van der Waals surface area contributed by atoms with Crippen molar-refractivity contribution in [1.82, 2.24) is 5.32 Å². The van der Waals surface area contributed by atoms with Crippen molar-refractivity contribution < 1.29 is 23.8 Å². The van der Waals surface area contributed by atoms with Crippen LogP contribution in [0.3, 0.4) is 0 Å². The lowest BCUT2D eigenvalue weighted by Crippen LogP contribution is -2.26. The van der Waals surface area contributed by atoms with Crippen LogP contribution in [0, 0.1) is 5.82 Å². The van der Waals surface area contributed by atoms with Crippen molar-refractivity contribution in [2.45, 2.75) is 32.1 Å². The van der Waals surface area contributed by atoms with Crippen LogP contribution >= 0.6 is 0 Å². The highest BCUT2D eigenvalue weighted by Crippen LogP contribution is 2.20. The van der Waals surface area contributed by atoms with Gasteiger partial charge in [0.25, 0.3) is 5.91 Å². The fourth-order valence-corrected chi connectivity index (χ4v) is 1.94. The second-order valence-electron chi connectivity index (χ2n) is 4.63. The van der Waals surface area contributed by atoms with Gasteiger partial charge in [0, 0.05) is 13.0 Å². The summed E-state index contributed by atoms with van der Waals surface area (Å²) < 4.78 is 18.6. The molecule has 0 aliphatic rings. The van der Waals surface area contributed by atoms with E-state index in [2.05, 4.69) is 5.32 Å². The number of nitrogens with one attached hydrogen (secondary N) is 1. The second-order valence-corrected chi connectivity index (χ2v) is 4.63. The molecule has 0 aromatic heterocycles. The van der Waals surface area contributed by atoms with Gasteiger partial charge in [0.2, 0.25) is 0 Å². The molecule has 2 N–H and O–H groups in total. The number of halogens is 1. The highest BCUT2D eigenvalue weighted by Gasteiger charge is 2.16. The maximum atomic E-state index is 13.6. The number of carbonyl (C=O) groups is 2. The number of unbranched alkanes of at least 4 members (excludes halogenated alkanes) is 3. The molecule has 1 aromatic carbocycles. The van der Waals surface area contributed by atoms with E-state index < -0.39 is 17.7 Å². The van der Waals surface area contributed by atoms with E-state index in [1.54, 1.807) is 0 Å². The molecule has 1 aromatic rings. The minimum atomic E-state index is -0.796. The molecule has 6 heteroatoms. The van der Waals surface area contributed by atoms with Crippen LogP contribution in [0.5, 0.6) is 5.75 Å². The lowest BCUT2D eigenvalue weighted by atomic mass is 10.1. The Bertz CT molecular complexity index is 491. The zero-order valence-corrected chi connectivity index (χ0v) is 12.0. The van der Waals surface area contributed by atoms with Crippen LogP contribution in [0.15, 0.2) is 18.2 Å². The number of rotatable bonds is 9.